The fourth-order valence-electron chi connectivity index (χ4n) is 2.85. The summed E-state index contributed by atoms with van der Waals surface area (Å²) in [4.78, 5) is 20.8. The minimum absolute atomic E-state index is 0.0666. The van der Waals surface area contributed by atoms with Gasteiger partial charge in [-0.15, -0.1) is 11.3 Å². The number of thiazole rings is 1. The Morgan fingerprint density at radius 2 is 2.41 bits per heavy atom. The summed E-state index contributed by atoms with van der Waals surface area (Å²) in [6.45, 7) is 1.27. The molecule has 116 valence electrons. The first-order valence-electron chi connectivity index (χ1n) is 7.30. The summed E-state index contributed by atoms with van der Waals surface area (Å²) in [5.74, 6) is -0.208. The van der Waals surface area contributed by atoms with Crippen LogP contribution in [0.2, 0.25) is 0 Å². The molecule has 0 bridgehead atoms. The van der Waals surface area contributed by atoms with Crippen molar-refractivity contribution in [2.24, 2.45) is 0 Å². The lowest BCUT2D eigenvalue weighted by atomic mass is 10.1. The van der Waals surface area contributed by atoms with Crippen LogP contribution in [-0.2, 0) is 11.3 Å². The van der Waals surface area contributed by atoms with Crippen LogP contribution in [0, 0.1) is 5.82 Å². The van der Waals surface area contributed by atoms with Gasteiger partial charge in [0.2, 0.25) is 5.91 Å². The van der Waals surface area contributed by atoms with Gasteiger partial charge in [-0.05, 0) is 30.5 Å². The van der Waals surface area contributed by atoms with Crippen LogP contribution < -0.4 is 4.90 Å². The summed E-state index contributed by atoms with van der Waals surface area (Å²) in [5.41, 5.74) is 0.801. The molecule has 6 heteroatoms. The van der Waals surface area contributed by atoms with Gasteiger partial charge in [0.1, 0.15) is 11.9 Å². The first-order chi connectivity index (χ1) is 10.6. The number of benzene rings is 1. The second-order valence-corrected chi connectivity index (χ2v) is 6.36. The topological polar surface area (TPSA) is 36.4 Å². The number of hydrogen-bond donors (Lipinski definition) is 0. The Hall–Kier alpha value is -1.95. The first-order valence-corrected chi connectivity index (χ1v) is 8.18. The Balaban J connectivity index is 1.70. The van der Waals surface area contributed by atoms with Crippen molar-refractivity contribution in [2.45, 2.75) is 25.4 Å². The van der Waals surface area contributed by atoms with Crippen LogP contribution in [0.25, 0.3) is 0 Å². The number of hydrogen-bond acceptors (Lipinski definition) is 4. The van der Waals surface area contributed by atoms with Crippen LogP contribution in [-0.4, -0.2) is 35.4 Å². The molecule has 1 fully saturated rings. The molecule has 3 rings (SSSR count). The molecule has 4 nitrogen and oxygen atoms in total. The van der Waals surface area contributed by atoms with Crippen molar-refractivity contribution in [3.8, 4) is 0 Å². The van der Waals surface area contributed by atoms with Crippen molar-refractivity contribution in [2.75, 3.05) is 18.5 Å². The fraction of sp³-hybridized carbons (Fsp3) is 0.375. The summed E-state index contributed by atoms with van der Waals surface area (Å²) < 4.78 is 13.2. The molecule has 2 heterocycles. The van der Waals surface area contributed by atoms with Crippen molar-refractivity contribution in [1.82, 2.24) is 9.88 Å². The molecule has 1 aromatic carbocycles. The monoisotopic (exact) mass is 319 g/mol. The highest BCUT2D eigenvalue weighted by Gasteiger charge is 2.33. The van der Waals surface area contributed by atoms with E-state index in [9.17, 15) is 9.18 Å². The molecule has 1 aromatic heterocycles. The Morgan fingerprint density at radius 1 is 1.55 bits per heavy atom. The third kappa shape index (κ3) is 3.11. The van der Waals surface area contributed by atoms with E-state index in [0.29, 0.717) is 6.54 Å². The molecule has 1 aliphatic rings. The number of nitrogens with zero attached hydrogens (tertiary/aromatic N) is 3. The van der Waals surface area contributed by atoms with Crippen LogP contribution in [0.15, 0.2) is 35.8 Å². The third-order valence-corrected chi connectivity index (χ3v) is 4.70. The number of halogens is 1. The smallest absolute Gasteiger partial charge is 0.245 e. The normalized spacial score (nSPS) is 17.7. The zero-order valence-corrected chi connectivity index (χ0v) is 13.2. The van der Waals surface area contributed by atoms with Gasteiger partial charge in [0.15, 0.2) is 5.13 Å². The maximum atomic E-state index is 13.2. The van der Waals surface area contributed by atoms with Gasteiger partial charge in [0, 0.05) is 31.7 Å². The zero-order valence-electron chi connectivity index (χ0n) is 12.4. The van der Waals surface area contributed by atoms with Crippen molar-refractivity contribution < 1.29 is 9.18 Å². The van der Waals surface area contributed by atoms with Crippen molar-refractivity contribution in [3.63, 3.8) is 0 Å². The van der Waals surface area contributed by atoms with Gasteiger partial charge in [-0.1, -0.05) is 12.1 Å². The van der Waals surface area contributed by atoms with E-state index in [-0.39, 0.29) is 17.8 Å². The number of aromatic nitrogens is 1. The van der Waals surface area contributed by atoms with E-state index in [4.69, 9.17) is 0 Å². The molecule has 0 radical (unpaired) electrons. The number of anilines is 1. The Kier molecular flexibility index (Phi) is 4.38. The van der Waals surface area contributed by atoms with E-state index in [1.807, 2.05) is 11.4 Å². The van der Waals surface area contributed by atoms with E-state index >= 15 is 0 Å². The van der Waals surface area contributed by atoms with Gasteiger partial charge in [-0.25, -0.2) is 9.37 Å². The van der Waals surface area contributed by atoms with Crippen LogP contribution in [0.4, 0.5) is 9.52 Å². The number of carbonyl (C=O) groups is 1. The van der Waals surface area contributed by atoms with Crippen LogP contribution in [0.5, 0.6) is 0 Å². The number of amides is 1. The Labute approximate surface area is 133 Å². The lowest BCUT2D eigenvalue weighted by molar-refractivity contribution is -0.131. The Bertz CT molecular complexity index is 647. The second kappa shape index (κ2) is 6.44. The molecule has 0 saturated carbocycles. The quantitative estimate of drug-likeness (QED) is 0.869. The molecular formula is C16H18FN3OS. The van der Waals surface area contributed by atoms with Crippen LogP contribution >= 0.6 is 11.3 Å². The van der Waals surface area contributed by atoms with Crippen molar-refractivity contribution in [3.05, 3.63) is 47.2 Å². The van der Waals surface area contributed by atoms with Crippen molar-refractivity contribution in [1.29, 1.82) is 0 Å². The predicted molar refractivity (Wildman–Crippen MR) is 85.4 cm³/mol. The average molecular weight is 319 g/mol. The first kappa shape index (κ1) is 15.0. The van der Waals surface area contributed by atoms with Crippen LogP contribution in [0.1, 0.15) is 18.4 Å². The molecule has 1 atom stereocenters. The highest BCUT2D eigenvalue weighted by atomic mass is 32.1. The van der Waals surface area contributed by atoms with Gasteiger partial charge < -0.3 is 9.80 Å². The molecule has 1 saturated heterocycles. The van der Waals surface area contributed by atoms with Gasteiger partial charge in [-0.3, -0.25) is 4.79 Å². The van der Waals surface area contributed by atoms with E-state index in [1.165, 1.54) is 12.1 Å². The zero-order chi connectivity index (χ0) is 15.5. The number of rotatable bonds is 4. The van der Waals surface area contributed by atoms with Gasteiger partial charge >= 0.3 is 0 Å². The minimum Gasteiger partial charge on any atom is -0.340 e. The lowest BCUT2D eigenvalue weighted by Gasteiger charge is -2.27. The molecule has 0 N–H and O–H groups in total. The molecule has 2 aromatic rings. The third-order valence-electron chi connectivity index (χ3n) is 3.89. The highest BCUT2D eigenvalue weighted by molar-refractivity contribution is 7.13. The summed E-state index contributed by atoms with van der Waals surface area (Å²) in [7, 11) is 1.77. The van der Waals surface area contributed by atoms with Gasteiger partial charge in [-0.2, -0.15) is 0 Å². The molecular weight excluding hydrogens is 301 g/mol. The molecule has 0 spiro atoms. The summed E-state index contributed by atoms with van der Waals surface area (Å²) >= 11 is 1.55. The molecule has 0 unspecified atom stereocenters. The maximum absolute atomic E-state index is 13.2. The largest absolute Gasteiger partial charge is 0.340 e. The number of likely N-dealkylation sites (N-methyl/N-ethyl adjacent to an activating group) is 1. The Morgan fingerprint density at radius 3 is 3.14 bits per heavy atom. The maximum Gasteiger partial charge on any atom is 0.245 e. The predicted octanol–water partition coefficient (Wildman–Crippen LogP) is 2.91. The summed E-state index contributed by atoms with van der Waals surface area (Å²) in [6, 6.07) is 6.22. The molecule has 1 aliphatic heterocycles. The average Bonchev–Trinajstić information content (AvgIpc) is 3.17. The number of carbonyl (C=O) groups excluding carboxylic acids is 1. The standard InChI is InChI=1S/C16H18FN3OS/c1-19(11-12-4-2-5-13(17)10-12)15(21)14-6-3-8-20(14)16-18-7-9-22-16/h2,4-5,7,9-10,14H,3,6,8,11H2,1H3/t14-/m1/s1. The summed E-state index contributed by atoms with van der Waals surface area (Å²) in [6.07, 6.45) is 3.59. The highest BCUT2D eigenvalue weighted by Crippen LogP contribution is 2.28. The van der Waals surface area contributed by atoms with Gasteiger partial charge in [0.05, 0.1) is 0 Å². The molecule has 22 heavy (non-hydrogen) atoms. The fourth-order valence-corrected chi connectivity index (χ4v) is 3.57. The van der Waals surface area contributed by atoms with E-state index < -0.39 is 0 Å². The summed E-state index contributed by atoms with van der Waals surface area (Å²) in [5, 5.41) is 2.82. The van der Waals surface area contributed by atoms with Crippen LogP contribution in [0.3, 0.4) is 0 Å². The van der Waals surface area contributed by atoms with Gasteiger partial charge in [0.25, 0.3) is 0 Å². The van der Waals surface area contributed by atoms with E-state index in [1.54, 1.807) is 35.5 Å². The minimum atomic E-state index is -0.274. The van der Waals surface area contributed by atoms with E-state index in [0.717, 1.165) is 30.1 Å². The molecule has 0 aliphatic carbocycles. The SMILES string of the molecule is CN(Cc1cccc(F)c1)C(=O)[C@H]1CCCN1c1nccs1. The lowest BCUT2D eigenvalue weighted by Crippen LogP contribution is -2.44. The van der Waals surface area contributed by atoms with E-state index in [2.05, 4.69) is 9.88 Å². The van der Waals surface area contributed by atoms with Crippen molar-refractivity contribution >= 4 is 22.4 Å². The molecule has 1 amide bonds. The second-order valence-electron chi connectivity index (χ2n) is 5.49.